The molecule has 1 aromatic rings. The van der Waals surface area contributed by atoms with E-state index in [9.17, 15) is 8.78 Å². The number of halogens is 2. The van der Waals surface area contributed by atoms with E-state index < -0.39 is 23.4 Å². The van der Waals surface area contributed by atoms with Crippen LogP contribution in [0.2, 0.25) is 0 Å². The predicted molar refractivity (Wildman–Crippen MR) is 45.1 cm³/mol. The highest BCUT2D eigenvalue weighted by molar-refractivity contribution is 5.38. The monoisotopic (exact) mass is 185 g/mol. The van der Waals surface area contributed by atoms with E-state index in [4.69, 9.17) is 10.8 Å². The SMILES string of the molecule is C=C[C@H](N)c1c(O)cc(F)cc1F. The third kappa shape index (κ3) is 1.84. The molecular formula is C9H9F2NO. The Labute approximate surface area is 74.3 Å². The van der Waals surface area contributed by atoms with Crippen molar-refractivity contribution in [2.75, 3.05) is 0 Å². The van der Waals surface area contributed by atoms with Crippen LogP contribution >= 0.6 is 0 Å². The van der Waals surface area contributed by atoms with Gasteiger partial charge in [0.05, 0.1) is 11.6 Å². The molecule has 1 atom stereocenters. The zero-order valence-electron chi connectivity index (χ0n) is 6.80. The molecule has 0 spiro atoms. The smallest absolute Gasteiger partial charge is 0.134 e. The molecule has 70 valence electrons. The molecule has 0 fully saturated rings. The summed E-state index contributed by atoms with van der Waals surface area (Å²) in [6.07, 6.45) is 1.26. The number of phenolic OH excluding ortho intramolecular Hbond substituents is 1. The maximum absolute atomic E-state index is 13.0. The average molecular weight is 185 g/mol. The second-order valence-electron chi connectivity index (χ2n) is 2.58. The van der Waals surface area contributed by atoms with Crippen LogP contribution in [0.15, 0.2) is 24.8 Å². The minimum absolute atomic E-state index is 0.142. The molecule has 0 bridgehead atoms. The van der Waals surface area contributed by atoms with Gasteiger partial charge in [-0.1, -0.05) is 6.08 Å². The molecular weight excluding hydrogens is 176 g/mol. The number of hydrogen-bond donors (Lipinski definition) is 2. The van der Waals surface area contributed by atoms with E-state index in [0.717, 1.165) is 6.07 Å². The molecule has 4 heteroatoms. The van der Waals surface area contributed by atoms with Gasteiger partial charge in [-0.05, 0) is 0 Å². The lowest BCUT2D eigenvalue weighted by atomic mass is 10.1. The summed E-state index contributed by atoms with van der Waals surface area (Å²) in [6, 6.07) is 0.640. The van der Waals surface area contributed by atoms with Crippen molar-refractivity contribution in [1.82, 2.24) is 0 Å². The molecule has 0 radical (unpaired) electrons. The van der Waals surface area contributed by atoms with Gasteiger partial charge in [-0.15, -0.1) is 6.58 Å². The summed E-state index contributed by atoms with van der Waals surface area (Å²) in [5.74, 6) is -2.20. The molecule has 1 aromatic carbocycles. The minimum Gasteiger partial charge on any atom is -0.507 e. The Hall–Kier alpha value is -1.42. The molecule has 0 unspecified atom stereocenters. The molecule has 3 N–H and O–H groups in total. The number of rotatable bonds is 2. The maximum atomic E-state index is 13.0. The molecule has 13 heavy (non-hydrogen) atoms. The van der Waals surface area contributed by atoms with Gasteiger partial charge in [-0.3, -0.25) is 0 Å². The van der Waals surface area contributed by atoms with Crippen molar-refractivity contribution in [1.29, 1.82) is 0 Å². The highest BCUT2D eigenvalue weighted by atomic mass is 19.1. The molecule has 0 aliphatic carbocycles. The first-order valence-electron chi connectivity index (χ1n) is 3.62. The fraction of sp³-hybridized carbons (Fsp3) is 0.111. The summed E-state index contributed by atoms with van der Waals surface area (Å²) in [4.78, 5) is 0. The van der Waals surface area contributed by atoms with Gasteiger partial charge in [0, 0.05) is 12.1 Å². The maximum Gasteiger partial charge on any atom is 0.134 e. The number of benzene rings is 1. The van der Waals surface area contributed by atoms with Crippen molar-refractivity contribution in [2.24, 2.45) is 5.73 Å². The Kier molecular flexibility index (Phi) is 2.63. The van der Waals surface area contributed by atoms with Crippen molar-refractivity contribution in [3.8, 4) is 5.75 Å². The summed E-state index contributed by atoms with van der Waals surface area (Å²) in [5.41, 5.74) is 5.26. The van der Waals surface area contributed by atoms with Crippen molar-refractivity contribution in [2.45, 2.75) is 6.04 Å². The third-order valence-electron chi connectivity index (χ3n) is 1.66. The summed E-state index contributed by atoms with van der Waals surface area (Å²) >= 11 is 0. The van der Waals surface area contributed by atoms with Crippen LogP contribution in [0.3, 0.4) is 0 Å². The Morgan fingerprint density at radius 2 is 2.08 bits per heavy atom. The van der Waals surface area contributed by atoms with E-state index in [0.29, 0.717) is 6.07 Å². The van der Waals surface area contributed by atoms with E-state index in [-0.39, 0.29) is 5.56 Å². The van der Waals surface area contributed by atoms with E-state index in [1.807, 2.05) is 0 Å². The molecule has 0 saturated carbocycles. The highest BCUT2D eigenvalue weighted by Crippen LogP contribution is 2.27. The highest BCUT2D eigenvalue weighted by Gasteiger charge is 2.14. The van der Waals surface area contributed by atoms with E-state index in [1.165, 1.54) is 6.08 Å². The quantitative estimate of drug-likeness (QED) is 0.691. The zero-order chi connectivity index (χ0) is 10.0. The standard InChI is InChI=1S/C9H9F2NO/c1-2-7(12)9-6(11)3-5(10)4-8(9)13/h2-4,7,13H,1,12H2/t7-/m0/s1. The number of nitrogens with two attached hydrogens (primary N) is 1. The lowest BCUT2D eigenvalue weighted by Crippen LogP contribution is -2.09. The third-order valence-corrected chi connectivity index (χ3v) is 1.66. The minimum atomic E-state index is -0.870. The normalized spacial score (nSPS) is 12.5. The van der Waals surface area contributed by atoms with Crippen molar-refractivity contribution >= 4 is 0 Å². The number of phenols is 1. The van der Waals surface area contributed by atoms with E-state index >= 15 is 0 Å². The van der Waals surface area contributed by atoms with Crippen LogP contribution in [0.1, 0.15) is 11.6 Å². The summed E-state index contributed by atoms with van der Waals surface area (Å²) in [5, 5.41) is 9.17. The Bertz CT molecular complexity index is 315. The van der Waals surface area contributed by atoms with Gasteiger partial charge in [0.1, 0.15) is 17.4 Å². The van der Waals surface area contributed by atoms with E-state index in [1.54, 1.807) is 0 Å². The van der Waals surface area contributed by atoms with Gasteiger partial charge < -0.3 is 10.8 Å². The zero-order valence-corrected chi connectivity index (χ0v) is 6.80. The molecule has 0 amide bonds. The van der Waals surface area contributed by atoms with Crippen molar-refractivity contribution < 1.29 is 13.9 Å². The van der Waals surface area contributed by atoms with Crippen LogP contribution in [-0.4, -0.2) is 5.11 Å². The molecule has 0 heterocycles. The lowest BCUT2D eigenvalue weighted by Gasteiger charge is -2.09. The van der Waals surface area contributed by atoms with Crippen LogP contribution in [0, 0.1) is 11.6 Å². The first kappa shape index (κ1) is 9.67. The molecule has 0 aliphatic rings. The Morgan fingerprint density at radius 3 is 2.54 bits per heavy atom. The predicted octanol–water partition coefficient (Wildman–Crippen LogP) is 1.86. The molecule has 0 saturated heterocycles. The summed E-state index contributed by atoms with van der Waals surface area (Å²) < 4.78 is 25.5. The van der Waals surface area contributed by atoms with Crippen LogP contribution < -0.4 is 5.73 Å². The van der Waals surface area contributed by atoms with Crippen molar-refractivity contribution in [3.63, 3.8) is 0 Å². The van der Waals surface area contributed by atoms with Crippen molar-refractivity contribution in [3.05, 3.63) is 42.0 Å². The fourth-order valence-electron chi connectivity index (χ4n) is 1.02. The first-order chi connectivity index (χ1) is 6.06. The van der Waals surface area contributed by atoms with Crippen LogP contribution in [0.5, 0.6) is 5.75 Å². The first-order valence-corrected chi connectivity index (χ1v) is 3.62. The fourth-order valence-corrected chi connectivity index (χ4v) is 1.02. The summed E-state index contributed by atoms with van der Waals surface area (Å²) in [6.45, 7) is 3.35. The lowest BCUT2D eigenvalue weighted by molar-refractivity contribution is 0.446. The second kappa shape index (κ2) is 3.53. The van der Waals surface area contributed by atoms with Crippen LogP contribution in [-0.2, 0) is 0 Å². The second-order valence-corrected chi connectivity index (χ2v) is 2.58. The average Bonchev–Trinajstić information content (AvgIpc) is 2.02. The van der Waals surface area contributed by atoms with Gasteiger partial charge >= 0.3 is 0 Å². The Balaban J connectivity index is 3.28. The summed E-state index contributed by atoms with van der Waals surface area (Å²) in [7, 11) is 0. The number of aromatic hydroxyl groups is 1. The van der Waals surface area contributed by atoms with Gasteiger partial charge in [-0.25, -0.2) is 8.78 Å². The van der Waals surface area contributed by atoms with Crippen LogP contribution in [0.25, 0.3) is 0 Å². The van der Waals surface area contributed by atoms with Gasteiger partial charge in [0.25, 0.3) is 0 Å². The molecule has 0 aromatic heterocycles. The Morgan fingerprint density at radius 1 is 1.46 bits per heavy atom. The topological polar surface area (TPSA) is 46.2 Å². The van der Waals surface area contributed by atoms with Gasteiger partial charge in [0.15, 0.2) is 0 Å². The van der Waals surface area contributed by atoms with Gasteiger partial charge in [-0.2, -0.15) is 0 Å². The largest absolute Gasteiger partial charge is 0.507 e. The van der Waals surface area contributed by atoms with Crippen LogP contribution in [0.4, 0.5) is 8.78 Å². The van der Waals surface area contributed by atoms with Gasteiger partial charge in [0.2, 0.25) is 0 Å². The molecule has 0 aliphatic heterocycles. The van der Waals surface area contributed by atoms with E-state index in [2.05, 4.69) is 6.58 Å². The molecule has 2 nitrogen and oxygen atoms in total. The number of hydrogen-bond acceptors (Lipinski definition) is 2. The molecule has 1 rings (SSSR count).